The number of fused-ring (bicyclic) bond motifs is 1. The SMILES string of the molecule is CC(C)(C)c1ccc(/C=C/C(=O)Nc2ccc3c(ccn3CCO[Si](C)(C)C(C)(C)C)c2)cn1. The van der Waals surface area contributed by atoms with Crippen molar-refractivity contribution in [3.05, 3.63) is 66.1 Å². The lowest BCUT2D eigenvalue weighted by Gasteiger charge is -2.36. The number of amides is 1. The summed E-state index contributed by atoms with van der Waals surface area (Å²) in [6.07, 6.45) is 7.21. The summed E-state index contributed by atoms with van der Waals surface area (Å²) in [5, 5.41) is 4.26. The maximum atomic E-state index is 12.4. The Morgan fingerprint density at radius 2 is 1.82 bits per heavy atom. The molecule has 3 aromatic rings. The van der Waals surface area contributed by atoms with Crippen molar-refractivity contribution in [2.45, 2.75) is 71.6 Å². The zero-order valence-corrected chi connectivity index (χ0v) is 22.9. The highest BCUT2D eigenvalue weighted by Gasteiger charge is 2.36. The fourth-order valence-corrected chi connectivity index (χ4v) is 4.43. The molecule has 182 valence electrons. The van der Waals surface area contributed by atoms with Gasteiger partial charge in [0, 0.05) is 52.7 Å². The zero-order valence-electron chi connectivity index (χ0n) is 21.9. The summed E-state index contributed by atoms with van der Waals surface area (Å²) >= 11 is 0. The normalized spacial score (nSPS) is 13.1. The lowest BCUT2D eigenvalue weighted by molar-refractivity contribution is -0.111. The molecule has 1 aromatic carbocycles. The molecule has 0 bridgehead atoms. The van der Waals surface area contributed by atoms with Crippen LogP contribution in [0.3, 0.4) is 0 Å². The van der Waals surface area contributed by atoms with Crippen LogP contribution in [-0.2, 0) is 21.2 Å². The Balaban J connectivity index is 1.60. The number of nitrogens with zero attached hydrogens (tertiary/aromatic N) is 2. The van der Waals surface area contributed by atoms with Crippen molar-refractivity contribution in [3.63, 3.8) is 0 Å². The Morgan fingerprint density at radius 1 is 1.09 bits per heavy atom. The third-order valence-corrected chi connectivity index (χ3v) is 11.2. The van der Waals surface area contributed by atoms with E-state index in [1.165, 1.54) is 0 Å². The number of nitrogens with one attached hydrogen (secondary N) is 1. The van der Waals surface area contributed by atoms with Crippen molar-refractivity contribution in [1.82, 2.24) is 9.55 Å². The summed E-state index contributed by atoms with van der Waals surface area (Å²) in [5.41, 5.74) is 3.85. The van der Waals surface area contributed by atoms with E-state index in [4.69, 9.17) is 4.43 Å². The van der Waals surface area contributed by atoms with Crippen LogP contribution in [0.2, 0.25) is 18.1 Å². The first-order chi connectivity index (χ1) is 15.8. The maximum absolute atomic E-state index is 12.4. The average molecular weight is 478 g/mol. The summed E-state index contributed by atoms with van der Waals surface area (Å²) < 4.78 is 8.54. The Bertz CT molecular complexity index is 1160. The molecule has 0 aliphatic heterocycles. The standard InChI is InChI=1S/C28H39N3O2Si/c1-27(2,3)25-13-9-21(20-29-25)10-14-26(32)30-23-11-12-24-22(19-23)15-16-31(24)17-18-33-34(7,8)28(4,5)6/h9-16,19-20H,17-18H2,1-8H3,(H,30,32)/b14-10+. The van der Waals surface area contributed by atoms with Gasteiger partial charge in [-0.1, -0.05) is 47.6 Å². The van der Waals surface area contributed by atoms with Crippen molar-refractivity contribution in [3.8, 4) is 0 Å². The summed E-state index contributed by atoms with van der Waals surface area (Å²) in [4.78, 5) is 16.9. The monoisotopic (exact) mass is 477 g/mol. The van der Waals surface area contributed by atoms with Crippen LogP contribution in [0.25, 0.3) is 17.0 Å². The van der Waals surface area contributed by atoms with E-state index in [0.717, 1.165) is 34.4 Å². The first kappa shape index (κ1) is 25.9. The van der Waals surface area contributed by atoms with Crippen LogP contribution in [0.5, 0.6) is 0 Å². The lowest BCUT2D eigenvalue weighted by Crippen LogP contribution is -2.41. The third kappa shape index (κ3) is 6.45. The van der Waals surface area contributed by atoms with Gasteiger partial charge in [-0.2, -0.15) is 0 Å². The summed E-state index contributed by atoms with van der Waals surface area (Å²) in [6, 6.07) is 12.1. The van der Waals surface area contributed by atoms with Gasteiger partial charge in [0.25, 0.3) is 0 Å². The fourth-order valence-electron chi connectivity index (χ4n) is 3.39. The second-order valence-corrected chi connectivity index (χ2v) is 16.3. The van der Waals surface area contributed by atoms with Gasteiger partial charge in [0.2, 0.25) is 5.91 Å². The Kier molecular flexibility index (Phi) is 7.53. The van der Waals surface area contributed by atoms with E-state index in [9.17, 15) is 4.79 Å². The van der Waals surface area contributed by atoms with Gasteiger partial charge in [-0.05, 0) is 60.1 Å². The Hall–Kier alpha value is -2.70. The maximum Gasteiger partial charge on any atom is 0.248 e. The molecule has 1 amide bonds. The van der Waals surface area contributed by atoms with E-state index in [0.29, 0.717) is 6.61 Å². The molecular weight excluding hydrogens is 438 g/mol. The smallest absolute Gasteiger partial charge is 0.248 e. The minimum atomic E-state index is -1.75. The van der Waals surface area contributed by atoms with Crippen LogP contribution in [0.1, 0.15) is 52.8 Å². The molecule has 0 aliphatic carbocycles. The van der Waals surface area contributed by atoms with Gasteiger partial charge in [0.15, 0.2) is 8.32 Å². The van der Waals surface area contributed by atoms with Crippen molar-refractivity contribution in [2.75, 3.05) is 11.9 Å². The molecule has 3 rings (SSSR count). The predicted octanol–water partition coefficient (Wildman–Crippen LogP) is 7.01. The molecule has 2 heterocycles. The van der Waals surface area contributed by atoms with Gasteiger partial charge < -0.3 is 14.3 Å². The summed E-state index contributed by atoms with van der Waals surface area (Å²) in [6.45, 7) is 19.2. The van der Waals surface area contributed by atoms with Crippen LogP contribution in [-0.4, -0.2) is 30.4 Å². The van der Waals surface area contributed by atoms with Gasteiger partial charge in [-0.3, -0.25) is 9.78 Å². The van der Waals surface area contributed by atoms with Crippen LogP contribution < -0.4 is 5.32 Å². The number of hydrogen-bond donors (Lipinski definition) is 1. The number of pyridine rings is 1. The number of rotatable bonds is 7. The van der Waals surface area contributed by atoms with Crippen LogP contribution in [0.4, 0.5) is 5.69 Å². The van der Waals surface area contributed by atoms with Gasteiger partial charge in [0.1, 0.15) is 0 Å². The Morgan fingerprint density at radius 3 is 2.44 bits per heavy atom. The third-order valence-electron chi connectivity index (χ3n) is 6.62. The van der Waals surface area contributed by atoms with Crippen LogP contribution in [0.15, 0.2) is 54.9 Å². The number of anilines is 1. The average Bonchev–Trinajstić information content (AvgIpc) is 3.13. The highest BCUT2D eigenvalue weighted by atomic mass is 28.4. The molecule has 0 fully saturated rings. The fraction of sp³-hybridized carbons (Fsp3) is 0.429. The largest absolute Gasteiger partial charge is 0.415 e. The van der Waals surface area contributed by atoms with Crippen molar-refractivity contribution in [1.29, 1.82) is 0 Å². The molecule has 5 nitrogen and oxygen atoms in total. The second kappa shape index (κ2) is 9.88. The molecular formula is C28H39N3O2Si. The predicted molar refractivity (Wildman–Crippen MR) is 146 cm³/mol. The zero-order chi connectivity index (χ0) is 25.1. The highest BCUT2D eigenvalue weighted by Crippen LogP contribution is 2.36. The van der Waals surface area contributed by atoms with E-state index in [1.807, 2.05) is 24.3 Å². The number of carbonyl (C=O) groups is 1. The van der Waals surface area contributed by atoms with E-state index >= 15 is 0 Å². The number of carbonyl (C=O) groups excluding carboxylic acids is 1. The molecule has 0 saturated carbocycles. The lowest BCUT2D eigenvalue weighted by atomic mass is 9.91. The molecule has 1 N–H and O–H groups in total. The molecule has 2 aromatic heterocycles. The van der Waals surface area contributed by atoms with E-state index in [2.05, 4.69) is 87.8 Å². The van der Waals surface area contributed by atoms with Gasteiger partial charge in [0.05, 0.1) is 6.61 Å². The molecule has 6 heteroatoms. The molecule has 0 aliphatic rings. The first-order valence-corrected chi connectivity index (χ1v) is 14.9. The molecule has 0 spiro atoms. The first-order valence-electron chi connectivity index (χ1n) is 11.9. The quantitative estimate of drug-likeness (QED) is 0.294. The molecule has 0 radical (unpaired) electrons. The van der Waals surface area contributed by atoms with Gasteiger partial charge in [-0.25, -0.2) is 0 Å². The minimum Gasteiger partial charge on any atom is -0.415 e. The van der Waals surface area contributed by atoms with E-state index < -0.39 is 8.32 Å². The summed E-state index contributed by atoms with van der Waals surface area (Å²) in [7, 11) is -1.75. The molecule has 0 unspecified atom stereocenters. The van der Waals surface area contributed by atoms with Crippen molar-refractivity contribution in [2.24, 2.45) is 0 Å². The number of benzene rings is 1. The molecule has 0 saturated heterocycles. The van der Waals surface area contributed by atoms with E-state index in [-0.39, 0.29) is 16.4 Å². The van der Waals surface area contributed by atoms with Crippen LogP contribution >= 0.6 is 0 Å². The van der Waals surface area contributed by atoms with Gasteiger partial charge in [-0.15, -0.1) is 0 Å². The van der Waals surface area contributed by atoms with Gasteiger partial charge >= 0.3 is 0 Å². The minimum absolute atomic E-state index is 0.00891. The highest BCUT2D eigenvalue weighted by molar-refractivity contribution is 6.74. The van der Waals surface area contributed by atoms with Crippen molar-refractivity contribution >= 4 is 36.9 Å². The topological polar surface area (TPSA) is 56.2 Å². The van der Waals surface area contributed by atoms with Crippen LogP contribution in [0, 0.1) is 0 Å². The summed E-state index contributed by atoms with van der Waals surface area (Å²) in [5.74, 6) is -0.165. The molecule has 0 atom stereocenters. The molecule has 34 heavy (non-hydrogen) atoms. The number of hydrogen-bond acceptors (Lipinski definition) is 3. The number of aromatic nitrogens is 2. The Labute approximate surface area is 205 Å². The van der Waals surface area contributed by atoms with Crippen molar-refractivity contribution < 1.29 is 9.22 Å². The van der Waals surface area contributed by atoms with E-state index in [1.54, 1.807) is 18.3 Å². The second-order valence-electron chi connectivity index (χ2n) is 11.4.